The summed E-state index contributed by atoms with van der Waals surface area (Å²) in [6, 6.07) is 11.8. The van der Waals surface area contributed by atoms with Crippen molar-refractivity contribution in [2.75, 3.05) is 5.32 Å². The number of imidazole rings is 1. The summed E-state index contributed by atoms with van der Waals surface area (Å²) < 4.78 is 16.0. The van der Waals surface area contributed by atoms with Gasteiger partial charge >= 0.3 is 0 Å². The lowest BCUT2D eigenvalue weighted by Gasteiger charge is -2.06. The van der Waals surface area contributed by atoms with Gasteiger partial charge in [-0.1, -0.05) is 23.4 Å². The Balaban J connectivity index is 1.51. The van der Waals surface area contributed by atoms with Gasteiger partial charge in [-0.25, -0.2) is 9.37 Å². The summed E-state index contributed by atoms with van der Waals surface area (Å²) in [6.45, 7) is 0. The molecule has 4 rings (SSSR count). The van der Waals surface area contributed by atoms with Crippen molar-refractivity contribution in [2.24, 2.45) is 7.05 Å². The Morgan fingerprint density at radius 2 is 2.04 bits per heavy atom. The second kappa shape index (κ2) is 7.34. The Morgan fingerprint density at radius 3 is 2.74 bits per heavy atom. The van der Waals surface area contributed by atoms with Gasteiger partial charge in [0.25, 0.3) is 5.91 Å². The van der Waals surface area contributed by atoms with Gasteiger partial charge in [-0.05, 0) is 42.5 Å². The van der Waals surface area contributed by atoms with E-state index in [-0.39, 0.29) is 11.7 Å². The van der Waals surface area contributed by atoms with Crippen molar-refractivity contribution in [3.05, 3.63) is 70.6 Å². The summed E-state index contributed by atoms with van der Waals surface area (Å²) in [7, 11) is 1.94. The second-order valence-electron chi connectivity index (χ2n) is 5.79. The fraction of sp³-hybridized carbons (Fsp3) is 0.0526. The van der Waals surface area contributed by atoms with Crippen LogP contribution in [0.2, 0.25) is 5.02 Å². The zero-order valence-corrected chi connectivity index (χ0v) is 16.5. The highest BCUT2D eigenvalue weighted by Gasteiger charge is 2.17. The maximum atomic E-state index is 13.4. The number of nitrogens with one attached hydrogen (secondary N) is 1. The van der Waals surface area contributed by atoms with Crippen LogP contribution in [-0.4, -0.2) is 15.5 Å². The predicted octanol–water partition coefficient (Wildman–Crippen LogP) is 5.83. The molecule has 0 fully saturated rings. The monoisotopic (exact) mass is 417 g/mol. The number of nitrogens with zero attached hydrogens (tertiary/aromatic N) is 2. The van der Waals surface area contributed by atoms with Crippen molar-refractivity contribution in [2.45, 2.75) is 10.1 Å². The highest BCUT2D eigenvalue weighted by molar-refractivity contribution is 7.99. The van der Waals surface area contributed by atoms with Gasteiger partial charge in [0.1, 0.15) is 10.7 Å². The van der Waals surface area contributed by atoms with E-state index in [1.807, 2.05) is 42.1 Å². The number of hydrogen-bond donors (Lipinski definition) is 1. The molecular weight excluding hydrogens is 405 g/mol. The van der Waals surface area contributed by atoms with E-state index in [4.69, 9.17) is 11.6 Å². The van der Waals surface area contributed by atoms with Gasteiger partial charge in [0.2, 0.25) is 0 Å². The smallest absolute Gasteiger partial charge is 0.267 e. The molecule has 8 heteroatoms. The number of hydrogen-bond acceptors (Lipinski definition) is 4. The summed E-state index contributed by atoms with van der Waals surface area (Å²) in [5.74, 6) is -0.667. The number of aromatic nitrogens is 2. The average molecular weight is 418 g/mol. The first-order valence-electron chi connectivity index (χ1n) is 7.95. The molecule has 0 spiro atoms. The molecule has 1 N–H and O–H groups in total. The highest BCUT2D eigenvalue weighted by Crippen LogP contribution is 2.36. The minimum Gasteiger partial charge on any atom is -0.329 e. The second-order valence-corrected chi connectivity index (χ2v) is 8.26. The van der Waals surface area contributed by atoms with E-state index in [2.05, 4.69) is 10.3 Å². The lowest BCUT2D eigenvalue weighted by atomic mass is 10.2. The van der Waals surface area contributed by atoms with Crippen LogP contribution < -0.4 is 5.32 Å². The van der Waals surface area contributed by atoms with Crippen molar-refractivity contribution in [1.29, 1.82) is 0 Å². The molecular formula is C19H13ClFN3OS2. The van der Waals surface area contributed by atoms with Crippen LogP contribution in [0.15, 0.2) is 64.9 Å². The molecule has 0 atom stereocenters. The molecule has 4 nitrogen and oxygen atoms in total. The summed E-state index contributed by atoms with van der Waals surface area (Å²) in [6.07, 6.45) is 3.63. The number of anilines is 1. The Morgan fingerprint density at radius 1 is 1.26 bits per heavy atom. The van der Waals surface area contributed by atoms with Crippen LogP contribution in [0.5, 0.6) is 0 Å². The zero-order chi connectivity index (χ0) is 19.0. The van der Waals surface area contributed by atoms with E-state index in [9.17, 15) is 9.18 Å². The van der Waals surface area contributed by atoms with Gasteiger partial charge in [0.05, 0.1) is 5.02 Å². The van der Waals surface area contributed by atoms with E-state index in [0.29, 0.717) is 25.7 Å². The molecule has 2 aromatic carbocycles. The molecule has 0 bridgehead atoms. The molecule has 0 aliphatic carbocycles. The minimum atomic E-state index is -0.354. The van der Waals surface area contributed by atoms with E-state index in [1.165, 1.54) is 35.2 Å². The lowest BCUT2D eigenvalue weighted by molar-refractivity contribution is 0.103. The average Bonchev–Trinajstić information content (AvgIpc) is 3.20. The highest BCUT2D eigenvalue weighted by atomic mass is 35.5. The standard InChI is InChI=1S/C19H13ClFN3OS2/c1-24-9-8-22-19(24)26-13-5-3-12(4-6-13)23-18(25)17-16(20)14-7-2-11(21)10-15(14)27-17/h2-10H,1H3,(H,23,25). The van der Waals surface area contributed by atoms with Crippen LogP contribution in [0.3, 0.4) is 0 Å². The van der Waals surface area contributed by atoms with Crippen molar-refractivity contribution in [1.82, 2.24) is 9.55 Å². The molecule has 2 aromatic heterocycles. The number of amides is 1. The normalized spacial score (nSPS) is 11.1. The Labute approximate surface area is 168 Å². The maximum Gasteiger partial charge on any atom is 0.267 e. The van der Waals surface area contributed by atoms with Gasteiger partial charge < -0.3 is 9.88 Å². The van der Waals surface area contributed by atoms with E-state index in [1.54, 1.807) is 12.3 Å². The van der Waals surface area contributed by atoms with Crippen LogP contribution >= 0.6 is 34.7 Å². The molecule has 2 heterocycles. The van der Waals surface area contributed by atoms with E-state index < -0.39 is 0 Å². The Bertz CT molecular complexity index is 1140. The molecule has 0 saturated carbocycles. The van der Waals surface area contributed by atoms with Gasteiger partial charge in [-0.3, -0.25) is 4.79 Å². The maximum absolute atomic E-state index is 13.4. The largest absolute Gasteiger partial charge is 0.329 e. The zero-order valence-electron chi connectivity index (χ0n) is 14.1. The number of fused-ring (bicyclic) bond motifs is 1. The molecule has 4 aromatic rings. The number of halogens is 2. The number of thiophene rings is 1. The Kier molecular flexibility index (Phi) is 4.90. The van der Waals surface area contributed by atoms with Crippen LogP contribution in [0.4, 0.5) is 10.1 Å². The fourth-order valence-corrected chi connectivity index (χ4v) is 4.77. The number of rotatable bonds is 4. The number of carbonyl (C=O) groups is 1. The summed E-state index contributed by atoms with van der Waals surface area (Å²) in [5, 5.41) is 4.74. The van der Waals surface area contributed by atoms with Crippen LogP contribution in [-0.2, 0) is 7.05 Å². The first kappa shape index (κ1) is 18.0. The van der Waals surface area contributed by atoms with Crippen LogP contribution in [0, 0.1) is 5.82 Å². The van der Waals surface area contributed by atoms with Crippen molar-refractivity contribution in [3.63, 3.8) is 0 Å². The molecule has 1 amide bonds. The first-order chi connectivity index (χ1) is 13.0. The van der Waals surface area contributed by atoms with E-state index in [0.717, 1.165) is 10.1 Å². The van der Waals surface area contributed by atoms with Gasteiger partial charge in [-0.15, -0.1) is 11.3 Å². The third-order valence-electron chi connectivity index (χ3n) is 3.90. The minimum absolute atomic E-state index is 0.314. The Hall–Kier alpha value is -2.35. The summed E-state index contributed by atoms with van der Waals surface area (Å²) in [5.41, 5.74) is 0.656. The molecule has 136 valence electrons. The third kappa shape index (κ3) is 3.71. The molecule has 0 radical (unpaired) electrons. The number of aryl methyl sites for hydroxylation is 1. The van der Waals surface area contributed by atoms with E-state index >= 15 is 0 Å². The topological polar surface area (TPSA) is 46.9 Å². The van der Waals surface area contributed by atoms with Crippen molar-refractivity contribution in [3.8, 4) is 0 Å². The van der Waals surface area contributed by atoms with Crippen molar-refractivity contribution < 1.29 is 9.18 Å². The number of benzene rings is 2. The number of carbonyl (C=O) groups excluding carboxylic acids is 1. The molecule has 0 aliphatic heterocycles. The third-order valence-corrected chi connectivity index (χ3v) is 6.64. The first-order valence-corrected chi connectivity index (χ1v) is 9.96. The fourth-order valence-electron chi connectivity index (χ4n) is 2.53. The quantitative estimate of drug-likeness (QED) is 0.454. The predicted molar refractivity (Wildman–Crippen MR) is 109 cm³/mol. The molecule has 27 heavy (non-hydrogen) atoms. The molecule has 0 aliphatic rings. The van der Waals surface area contributed by atoms with Crippen LogP contribution in [0.25, 0.3) is 10.1 Å². The van der Waals surface area contributed by atoms with Gasteiger partial charge in [0, 0.05) is 40.1 Å². The van der Waals surface area contributed by atoms with Crippen molar-refractivity contribution >= 4 is 56.4 Å². The SMILES string of the molecule is Cn1ccnc1Sc1ccc(NC(=O)c2sc3cc(F)ccc3c2Cl)cc1. The molecule has 0 unspecified atom stereocenters. The van der Waals surface area contributed by atoms with Crippen LogP contribution in [0.1, 0.15) is 9.67 Å². The van der Waals surface area contributed by atoms with Gasteiger partial charge in [0.15, 0.2) is 5.16 Å². The summed E-state index contributed by atoms with van der Waals surface area (Å²) >= 11 is 9.01. The summed E-state index contributed by atoms with van der Waals surface area (Å²) in [4.78, 5) is 18.2. The molecule has 0 saturated heterocycles. The van der Waals surface area contributed by atoms with Gasteiger partial charge in [-0.2, -0.15) is 0 Å². The lowest BCUT2D eigenvalue weighted by Crippen LogP contribution is -2.10.